The minimum Gasteiger partial charge on any atom is -0.389 e. The van der Waals surface area contributed by atoms with Crippen LogP contribution in [-0.4, -0.2) is 14.5 Å². The van der Waals surface area contributed by atoms with E-state index in [1.165, 1.54) is 5.56 Å². The van der Waals surface area contributed by atoms with Gasteiger partial charge in [0.1, 0.15) is 10.8 Å². The van der Waals surface area contributed by atoms with Crippen molar-refractivity contribution in [3.05, 3.63) is 53.6 Å². The monoisotopic (exact) mass is 273 g/mol. The second kappa shape index (κ2) is 5.13. The summed E-state index contributed by atoms with van der Waals surface area (Å²) < 4.78 is 2.17. The summed E-state index contributed by atoms with van der Waals surface area (Å²) in [7, 11) is 0. The molecule has 0 radical (unpaired) electrons. The fourth-order valence-corrected chi connectivity index (χ4v) is 2.23. The molecule has 0 spiro atoms. The van der Waals surface area contributed by atoms with Crippen LogP contribution in [0.1, 0.15) is 37.7 Å². The highest BCUT2D eigenvalue weighted by atomic mass is 32.1. The Bertz CT molecular complexity index is 593. The van der Waals surface area contributed by atoms with Crippen molar-refractivity contribution in [2.24, 2.45) is 5.73 Å². The molecule has 0 aliphatic carbocycles. The van der Waals surface area contributed by atoms with Gasteiger partial charge in [0.05, 0.1) is 0 Å². The molecule has 1 aromatic carbocycles. The molecule has 19 heavy (non-hydrogen) atoms. The molecule has 0 bridgehead atoms. The number of aromatic nitrogens is 2. The van der Waals surface area contributed by atoms with Gasteiger partial charge in [-0.2, -0.15) is 0 Å². The third-order valence-corrected chi connectivity index (χ3v) is 3.19. The third-order valence-electron chi connectivity index (χ3n) is 2.95. The topological polar surface area (TPSA) is 43.8 Å². The van der Waals surface area contributed by atoms with E-state index in [2.05, 4.69) is 36.4 Å². The maximum Gasteiger partial charge on any atom is 0.114 e. The molecule has 2 rings (SSSR count). The number of benzene rings is 1. The van der Waals surface area contributed by atoms with Gasteiger partial charge in [-0.3, -0.25) is 0 Å². The smallest absolute Gasteiger partial charge is 0.114 e. The van der Waals surface area contributed by atoms with E-state index in [1.54, 1.807) is 0 Å². The van der Waals surface area contributed by atoms with Gasteiger partial charge in [0.15, 0.2) is 0 Å². The number of hydrogen-bond acceptors (Lipinski definition) is 2. The van der Waals surface area contributed by atoms with E-state index < -0.39 is 0 Å². The average molecular weight is 273 g/mol. The minimum absolute atomic E-state index is 0.0320. The first-order valence-electron chi connectivity index (χ1n) is 6.28. The van der Waals surface area contributed by atoms with Crippen molar-refractivity contribution < 1.29 is 0 Å². The van der Waals surface area contributed by atoms with E-state index in [1.807, 2.05) is 30.6 Å². The molecule has 100 valence electrons. The number of rotatable bonds is 3. The van der Waals surface area contributed by atoms with E-state index in [0.29, 0.717) is 4.99 Å². The maximum atomic E-state index is 5.67. The SMILES string of the molecule is CC(C)(C)c1nccn1Cc1cccc(C(N)=S)c1. The predicted octanol–water partition coefficient (Wildman–Crippen LogP) is 2.86. The number of thiocarbonyl (C=S) groups is 1. The Morgan fingerprint density at radius 3 is 2.74 bits per heavy atom. The molecule has 3 nitrogen and oxygen atoms in total. The quantitative estimate of drug-likeness (QED) is 0.875. The molecule has 2 aromatic rings. The summed E-state index contributed by atoms with van der Waals surface area (Å²) in [6.45, 7) is 7.27. The zero-order chi connectivity index (χ0) is 14.0. The van der Waals surface area contributed by atoms with E-state index in [0.717, 1.165) is 17.9 Å². The predicted molar refractivity (Wildman–Crippen MR) is 82.4 cm³/mol. The minimum atomic E-state index is 0.0320. The van der Waals surface area contributed by atoms with Gasteiger partial charge in [0.2, 0.25) is 0 Å². The molecule has 0 saturated heterocycles. The molecule has 0 unspecified atom stereocenters. The lowest BCUT2D eigenvalue weighted by Gasteiger charge is -2.20. The highest BCUT2D eigenvalue weighted by molar-refractivity contribution is 7.80. The summed E-state index contributed by atoms with van der Waals surface area (Å²) in [4.78, 5) is 4.89. The van der Waals surface area contributed by atoms with Gasteiger partial charge in [-0.15, -0.1) is 0 Å². The second-order valence-electron chi connectivity index (χ2n) is 5.69. The zero-order valence-corrected chi connectivity index (χ0v) is 12.4. The summed E-state index contributed by atoms with van der Waals surface area (Å²) in [5.74, 6) is 1.08. The van der Waals surface area contributed by atoms with Crippen LogP contribution in [0.2, 0.25) is 0 Å². The van der Waals surface area contributed by atoms with Crippen molar-refractivity contribution in [2.75, 3.05) is 0 Å². The summed E-state index contributed by atoms with van der Waals surface area (Å²) in [6.07, 6.45) is 3.85. The van der Waals surface area contributed by atoms with E-state index >= 15 is 0 Å². The van der Waals surface area contributed by atoms with Gasteiger partial charge in [-0.05, 0) is 11.6 Å². The van der Waals surface area contributed by atoms with Gasteiger partial charge in [0.25, 0.3) is 0 Å². The first kappa shape index (κ1) is 13.7. The molecule has 0 amide bonds. The van der Waals surface area contributed by atoms with Crippen LogP contribution in [0.3, 0.4) is 0 Å². The number of hydrogen-bond donors (Lipinski definition) is 1. The molecule has 0 fully saturated rings. The Labute approximate surface area is 119 Å². The van der Waals surface area contributed by atoms with Crippen LogP contribution in [0, 0.1) is 0 Å². The van der Waals surface area contributed by atoms with Crippen molar-refractivity contribution in [1.29, 1.82) is 0 Å². The van der Waals surface area contributed by atoms with Crippen LogP contribution in [0.4, 0.5) is 0 Å². The summed E-state index contributed by atoms with van der Waals surface area (Å²) in [6, 6.07) is 8.03. The van der Waals surface area contributed by atoms with Crippen molar-refractivity contribution >= 4 is 17.2 Å². The lowest BCUT2D eigenvalue weighted by atomic mass is 9.95. The Balaban J connectivity index is 2.29. The Kier molecular flexibility index (Phi) is 3.71. The van der Waals surface area contributed by atoms with E-state index in [9.17, 15) is 0 Å². The van der Waals surface area contributed by atoms with Gasteiger partial charge < -0.3 is 10.3 Å². The van der Waals surface area contributed by atoms with Crippen molar-refractivity contribution in [3.8, 4) is 0 Å². The van der Waals surface area contributed by atoms with Crippen LogP contribution in [0.15, 0.2) is 36.7 Å². The van der Waals surface area contributed by atoms with Crippen molar-refractivity contribution in [1.82, 2.24) is 9.55 Å². The van der Waals surface area contributed by atoms with Crippen LogP contribution >= 0.6 is 12.2 Å². The van der Waals surface area contributed by atoms with Crippen LogP contribution in [-0.2, 0) is 12.0 Å². The Morgan fingerprint density at radius 1 is 1.37 bits per heavy atom. The molecule has 1 aromatic heterocycles. The first-order valence-corrected chi connectivity index (χ1v) is 6.69. The highest BCUT2D eigenvalue weighted by Crippen LogP contribution is 2.21. The normalized spacial score (nSPS) is 11.5. The lowest BCUT2D eigenvalue weighted by molar-refractivity contribution is 0.511. The molecule has 0 atom stereocenters. The molecule has 0 aliphatic heterocycles. The molecule has 1 heterocycles. The van der Waals surface area contributed by atoms with E-state index in [-0.39, 0.29) is 5.41 Å². The molecular formula is C15H19N3S. The van der Waals surface area contributed by atoms with Gasteiger partial charge in [-0.1, -0.05) is 51.2 Å². The molecule has 0 saturated carbocycles. The summed E-state index contributed by atoms with van der Waals surface area (Å²) >= 11 is 5.01. The maximum absolute atomic E-state index is 5.67. The van der Waals surface area contributed by atoms with Crippen LogP contribution in [0.25, 0.3) is 0 Å². The third kappa shape index (κ3) is 3.20. The van der Waals surface area contributed by atoms with Gasteiger partial charge in [0, 0.05) is 29.9 Å². The Morgan fingerprint density at radius 2 is 2.11 bits per heavy atom. The molecule has 0 aliphatic rings. The fraction of sp³-hybridized carbons (Fsp3) is 0.333. The number of imidazole rings is 1. The van der Waals surface area contributed by atoms with Crippen LogP contribution in [0.5, 0.6) is 0 Å². The molecule has 4 heteroatoms. The lowest BCUT2D eigenvalue weighted by Crippen LogP contribution is -2.19. The molecular weight excluding hydrogens is 254 g/mol. The zero-order valence-electron chi connectivity index (χ0n) is 11.6. The number of nitrogens with zero attached hydrogens (tertiary/aromatic N) is 2. The summed E-state index contributed by atoms with van der Waals surface area (Å²) in [5.41, 5.74) is 7.78. The largest absolute Gasteiger partial charge is 0.389 e. The highest BCUT2D eigenvalue weighted by Gasteiger charge is 2.19. The standard InChI is InChI=1S/C15H19N3S/c1-15(2,3)14-17-7-8-18(14)10-11-5-4-6-12(9-11)13(16)19/h4-9H,10H2,1-3H3,(H2,16,19). The average Bonchev–Trinajstić information content (AvgIpc) is 2.77. The van der Waals surface area contributed by atoms with Gasteiger partial charge >= 0.3 is 0 Å². The van der Waals surface area contributed by atoms with Crippen molar-refractivity contribution in [3.63, 3.8) is 0 Å². The van der Waals surface area contributed by atoms with Crippen LogP contribution < -0.4 is 5.73 Å². The second-order valence-corrected chi connectivity index (χ2v) is 6.13. The van der Waals surface area contributed by atoms with Crippen molar-refractivity contribution in [2.45, 2.75) is 32.7 Å². The fourth-order valence-electron chi connectivity index (χ4n) is 2.10. The Hall–Kier alpha value is -1.68. The van der Waals surface area contributed by atoms with E-state index in [4.69, 9.17) is 18.0 Å². The van der Waals surface area contributed by atoms with Gasteiger partial charge in [-0.25, -0.2) is 4.98 Å². The first-order chi connectivity index (χ1) is 8.88. The molecule has 2 N–H and O–H groups in total. The number of nitrogens with two attached hydrogens (primary N) is 1. The summed E-state index contributed by atoms with van der Waals surface area (Å²) in [5, 5.41) is 0.